The Morgan fingerprint density at radius 3 is 2.67 bits per heavy atom. The number of nitrogens with zero attached hydrogens (tertiary/aromatic N) is 1. The standard InChI is InChI=1S/C14H12FN3/c15-11-2-1-3-12(9-11)18-13-4-5-14(17)10(8-13)6-7-16/h1-5,8-9,18H,6,17H2. The van der Waals surface area contributed by atoms with Crippen LogP contribution in [0.5, 0.6) is 0 Å². The number of benzene rings is 2. The molecule has 0 bridgehead atoms. The first-order valence-electron chi connectivity index (χ1n) is 5.47. The fourth-order valence-electron chi connectivity index (χ4n) is 1.65. The van der Waals surface area contributed by atoms with Gasteiger partial charge in [-0.25, -0.2) is 4.39 Å². The SMILES string of the molecule is N#CCc1cc(Nc2cccc(F)c2)ccc1N. The molecule has 0 radical (unpaired) electrons. The summed E-state index contributed by atoms with van der Waals surface area (Å²) in [7, 11) is 0. The first-order valence-corrected chi connectivity index (χ1v) is 5.47. The summed E-state index contributed by atoms with van der Waals surface area (Å²) < 4.78 is 13.0. The van der Waals surface area contributed by atoms with Crippen molar-refractivity contribution in [3.8, 4) is 6.07 Å². The molecule has 0 unspecified atom stereocenters. The van der Waals surface area contributed by atoms with Crippen LogP contribution in [0.25, 0.3) is 0 Å². The summed E-state index contributed by atoms with van der Waals surface area (Å²) in [5.74, 6) is -0.298. The van der Waals surface area contributed by atoms with Crippen molar-refractivity contribution < 1.29 is 4.39 Å². The maximum Gasteiger partial charge on any atom is 0.125 e. The Hall–Kier alpha value is -2.54. The van der Waals surface area contributed by atoms with E-state index in [-0.39, 0.29) is 12.2 Å². The maximum absolute atomic E-state index is 13.0. The second kappa shape index (κ2) is 5.19. The number of nitrogen functional groups attached to an aromatic ring is 1. The quantitative estimate of drug-likeness (QED) is 0.811. The molecule has 0 amide bonds. The molecule has 0 spiro atoms. The van der Waals surface area contributed by atoms with Gasteiger partial charge < -0.3 is 11.1 Å². The molecule has 3 nitrogen and oxygen atoms in total. The van der Waals surface area contributed by atoms with E-state index in [1.807, 2.05) is 0 Å². The van der Waals surface area contributed by atoms with Gasteiger partial charge >= 0.3 is 0 Å². The molecule has 0 aliphatic carbocycles. The zero-order chi connectivity index (χ0) is 13.0. The van der Waals surface area contributed by atoms with Crippen LogP contribution in [0.3, 0.4) is 0 Å². The van der Waals surface area contributed by atoms with Gasteiger partial charge in [-0.15, -0.1) is 0 Å². The van der Waals surface area contributed by atoms with Crippen LogP contribution in [0.1, 0.15) is 5.56 Å². The molecule has 18 heavy (non-hydrogen) atoms. The maximum atomic E-state index is 13.0. The summed E-state index contributed by atoms with van der Waals surface area (Å²) in [4.78, 5) is 0. The lowest BCUT2D eigenvalue weighted by Gasteiger charge is -2.09. The molecule has 0 saturated heterocycles. The van der Waals surface area contributed by atoms with E-state index in [0.717, 1.165) is 11.3 Å². The average molecular weight is 241 g/mol. The van der Waals surface area contributed by atoms with Crippen LogP contribution < -0.4 is 11.1 Å². The molecule has 2 aromatic carbocycles. The number of nitriles is 1. The summed E-state index contributed by atoms with van der Waals surface area (Å²) in [6, 6.07) is 13.6. The Labute approximate surface area is 105 Å². The Kier molecular flexibility index (Phi) is 3.44. The van der Waals surface area contributed by atoms with Gasteiger partial charge in [0.2, 0.25) is 0 Å². The lowest BCUT2D eigenvalue weighted by Crippen LogP contribution is -1.96. The van der Waals surface area contributed by atoms with Crippen LogP contribution in [0, 0.1) is 17.1 Å². The average Bonchev–Trinajstić information content (AvgIpc) is 2.34. The van der Waals surface area contributed by atoms with Crippen LogP contribution in [-0.2, 0) is 6.42 Å². The molecule has 4 heteroatoms. The summed E-state index contributed by atoms with van der Waals surface area (Å²) in [5.41, 5.74) is 8.53. The normalized spacial score (nSPS) is 9.78. The van der Waals surface area contributed by atoms with Crippen molar-refractivity contribution >= 4 is 17.1 Å². The minimum absolute atomic E-state index is 0.254. The smallest absolute Gasteiger partial charge is 0.125 e. The molecule has 0 aromatic heterocycles. The third-order valence-corrected chi connectivity index (χ3v) is 2.53. The van der Waals surface area contributed by atoms with Gasteiger partial charge in [0, 0.05) is 17.1 Å². The number of anilines is 3. The molecule has 3 N–H and O–H groups in total. The molecule has 0 heterocycles. The fraction of sp³-hybridized carbons (Fsp3) is 0.0714. The minimum Gasteiger partial charge on any atom is -0.398 e. The lowest BCUT2D eigenvalue weighted by atomic mass is 10.1. The number of rotatable bonds is 3. The second-order valence-corrected chi connectivity index (χ2v) is 3.88. The van der Waals surface area contributed by atoms with E-state index >= 15 is 0 Å². The number of nitrogens with one attached hydrogen (secondary N) is 1. The zero-order valence-electron chi connectivity index (χ0n) is 9.65. The number of hydrogen-bond donors (Lipinski definition) is 2. The van der Waals surface area contributed by atoms with Gasteiger partial charge in [-0.1, -0.05) is 6.07 Å². The molecule has 0 aliphatic rings. The predicted molar refractivity (Wildman–Crippen MR) is 69.9 cm³/mol. The van der Waals surface area contributed by atoms with E-state index in [2.05, 4.69) is 11.4 Å². The first kappa shape index (κ1) is 11.9. The highest BCUT2D eigenvalue weighted by molar-refractivity contribution is 5.64. The van der Waals surface area contributed by atoms with E-state index in [9.17, 15) is 4.39 Å². The fourth-order valence-corrected chi connectivity index (χ4v) is 1.65. The molecule has 2 rings (SSSR count). The minimum atomic E-state index is -0.298. The van der Waals surface area contributed by atoms with Gasteiger partial charge in [0.25, 0.3) is 0 Å². The molecular formula is C14H12FN3. The molecule has 90 valence electrons. The van der Waals surface area contributed by atoms with E-state index in [1.165, 1.54) is 12.1 Å². The number of nitrogens with two attached hydrogens (primary N) is 1. The van der Waals surface area contributed by atoms with Gasteiger partial charge in [0.1, 0.15) is 5.82 Å². The van der Waals surface area contributed by atoms with Crippen LogP contribution in [0.2, 0.25) is 0 Å². The molecule has 0 atom stereocenters. The lowest BCUT2D eigenvalue weighted by molar-refractivity contribution is 0.628. The summed E-state index contributed by atoms with van der Waals surface area (Å²) in [5, 5.41) is 11.8. The summed E-state index contributed by atoms with van der Waals surface area (Å²) in [6.07, 6.45) is 0.254. The van der Waals surface area contributed by atoms with Gasteiger partial charge in [-0.05, 0) is 42.0 Å². The first-order chi connectivity index (χ1) is 8.69. The summed E-state index contributed by atoms with van der Waals surface area (Å²) in [6.45, 7) is 0. The monoisotopic (exact) mass is 241 g/mol. The molecule has 0 saturated carbocycles. The Bertz CT molecular complexity index is 602. The van der Waals surface area contributed by atoms with Crippen LogP contribution in [0.4, 0.5) is 21.5 Å². The Balaban J connectivity index is 2.24. The molecule has 2 aromatic rings. The van der Waals surface area contributed by atoms with Crippen molar-refractivity contribution in [2.45, 2.75) is 6.42 Å². The van der Waals surface area contributed by atoms with Crippen molar-refractivity contribution in [2.24, 2.45) is 0 Å². The second-order valence-electron chi connectivity index (χ2n) is 3.88. The highest BCUT2D eigenvalue weighted by Crippen LogP contribution is 2.22. The van der Waals surface area contributed by atoms with Crippen molar-refractivity contribution in [1.29, 1.82) is 5.26 Å². The van der Waals surface area contributed by atoms with Crippen molar-refractivity contribution in [3.05, 3.63) is 53.8 Å². The van der Waals surface area contributed by atoms with Gasteiger partial charge in [0.15, 0.2) is 0 Å². The molecule has 0 aliphatic heterocycles. The van der Waals surface area contributed by atoms with E-state index in [0.29, 0.717) is 11.4 Å². The Morgan fingerprint density at radius 2 is 1.94 bits per heavy atom. The van der Waals surface area contributed by atoms with E-state index < -0.39 is 0 Å². The Morgan fingerprint density at radius 1 is 1.17 bits per heavy atom. The van der Waals surface area contributed by atoms with E-state index in [1.54, 1.807) is 30.3 Å². The third-order valence-electron chi connectivity index (χ3n) is 2.53. The van der Waals surface area contributed by atoms with Crippen molar-refractivity contribution in [3.63, 3.8) is 0 Å². The summed E-state index contributed by atoms with van der Waals surface area (Å²) >= 11 is 0. The number of halogens is 1. The third kappa shape index (κ3) is 2.77. The molecule has 0 fully saturated rings. The topological polar surface area (TPSA) is 61.8 Å². The number of hydrogen-bond acceptors (Lipinski definition) is 3. The van der Waals surface area contributed by atoms with Gasteiger partial charge in [-0.2, -0.15) is 5.26 Å². The van der Waals surface area contributed by atoms with Gasteiger partial charge in [-0.3, -0.25) is 0 Å². The van der Waals surface area contributed by atoms with Gasteiger partial charge in [0.05, 0.1) is 12.5 Å². The predicted octanol–water partition coefficient (Wildman–Crippen LogP) is 3.22. The highest BCUT2D eigenvalue weighted by Gasteiger charge is 2.02. The van der Waals surface area contributed by atoms with Crippen molar-refractivity contribution in [2.75, 3.05) is 11.1 Å². The highest BCUT2D eigenvalue weighted by atomic mass is 19.1. The largest absolute Gasteiger partial charge is 0.398 e. The van der Waals surface area contributed by atoms with Crippen LogP contribution in [0.15, 0.2) is 42.5 Å². The van der Waals surface area contributed by atoms with Crippen molar-refractivity contribution in [1.82, 2.24) is 0 Å². The molecular weight excluding hydrogens is 229 g/mol. The van der Waals surface area contributed by atoms with Crippen LogP contribution in [-0.4, -0.2) is 0 Å². The zero-order valence-corrected chi connectivity index (χ0v) is 9.65. The van der Waals surface area contributed by atoms with E-state index in [4.69, 9.17) is 11.0 Å². The van der Waals surface area contributed by atoms with Crippen LogP contribution >= 0.6 is 0 Å².